The van der Waals surface area contributed by atoms with E-state index in [0.717, 1.165) is 43.2 Å². The molecule has 1 amide bonds. The fraction of sp³-hybridized carbons (Fsp3) is 0.588. The van der Waals surface area contributed by atoms with E-state index in [2.05, 4.69) is 17.1 Å². The molecule has 0 atom stereocenters. The third kappa shape index (κ3) is 5.38. The summed E-state index contributed by atoms with van der Waals surface area (Å²) in [5.74, 6) is 0.941. The van der Waals surface area contributed by atoms with Crippen LogP contribution in [0.4, 0.5) is 11.4 Å². The summed E-state index contributed by atoms with van der Waals surface area (Å²) in [6.45, 7) is 7.25. The number of benzene rings is 1. The zero-order chi connectivity index (χ0) is 15.2. The molecule has 4 nitrogen and oxygen atoms in total. The molecule has 0 bridgehead atoms. The van der Waals surface area contributed by atoms with Gasteiger partial charge in [0.1, 0.15) is 0 Å². The van der Waals surface area contributed by atoms with E-state index in [1.54, 1.807) is 0 Å². The molecule has 0 radical (unpaired) electrons. The maximum atomic E-state index is 12.1. The van der Waals surface area contributed by atoms with Gasteiger partial charge in [0, 0.05) is 30.9 Å². The predicted octanol–water partition coefficient (Wildman–Crippen LogP) is 3.03. The highest BCUT2D eigenvalue weighted by molar-refractivity contribution is 5.92. The van der Waals surface area contributed by atoms with Crippen LogP contribution in [0.15, 0.2) is 18.2 Å². The molecular weight excluding hydrogens is 262 g/mol. The molecule has 3 N–H and O–H groups in total. The SMILES string of the molecule is CCCN(CCC(=O)Nc1cc(N)ccc1C)CC1CC1. The molecular formula is C17H27N3O. The molecule has 1 aromatic rings. The van der Waals surface area contributed by atoms with E-state index in [9.17, 15) is 4.79 Å². The van der Waals surface area contributed by atoms with Crippen LogP contribution in [0.1, 0.15) is 38.2 Å². The van der Waals surface area contributed by atoms with E-state index in [1.165, 1.54) is 12.8 Å². The molecule has 0 heterocycles. The van der Waals surface area contributed by atoms with Crippen LogP contribution in [0.2, 0.25) is 0 Å². The molecule has 0 aliphatic heterocycles. The Kier molecular flexibility index (Phi) is 5.62. The van der Waals surface area contributed by atoms with Crippen LogP contribution >= 0.6 is 0 Å². The number of aryl methyl sites for hydroxylation is 1. The molecule has 0 spiro atoms. The Balaban J connectivity index is 1.81. The molecule has 116 valence electrons. The van der Waals surface area contributed by atoms with Crippen LogP contribution in [0.3, 0.4) is 0 Å². The third-order valence-corrected chi connectivity index (χ3v) is 3.94. The van der Waals surface area contributed by atoms with Gasteiger partial charge in [-0.3, -0.25) is 4.79 Å². The maximum absolute atomic E-state index is 12.1. The molecule has 0 aromatic heterocycles. The molecule has 0 unspecified atom stereocenters. The minimum atomic E-state index is 0.0700. The Hall–Kier alpha value is -1.55. The van der Waals surface area contributed by atoms with Crippen molar-refractivity contribution in [2.45, 2.75) is 39.5 Å². The highest BCUT2D eigenvalue weighted by Gasteiger charge is 2.24. The molecule has 4 heteroatoms. The van der Waals surface area contributed by atoms with Crippen molar-refractivity contribution < 1.29 is 4.79 Å². The average Bonchev–Trinajstić information content (AvgIpc) is 3.24. The summed E-state index contributed by atoms with van der Waals surface area (Å²) in [5, 5.41) is 2.97. The number of anilines is 2. The number of nitrogens with two attached hydrogens (primary N) is 1. The lowest BCUT2D eigenvalue weighted by atomic mass is 10.2. The van der Waals surface area contributed by atoms with Crippen LogP contribution in [-0.4, -0.2) is 30.4 Å². The van der Waals surface area contributed by atoms with Gasteiger partial charge >= 0.3 is 0 Å². The number of rotatable bonds is 8. The summed E-state index contributed by atoms with van der Waals surface area (Å²) in [4.78, 5) is 14.5. The molecule has 0 saturated heterocycles. The fourth-order valence-electron chi connectivity index (χ4n) is 2.52. The standard InChI is InChI=1S/C17H27N3O/c1-3-9-20(12-14-5-6-14)10-8-17(21)19-16-11-15(18)7-4-13(16)2/h4,7,11,14H,3,5-6,8-10,12,18H2,1-2H3,(H,19,21). The first kappa shape index (κ1) is 15.8. The summed E-state index contributed by atoms with van der Waals surface area (Å²) in [5.41, 5.74) is 8.31. The molecule has 1 aromatic carbocycles. The number of carbonyl (C=O) groups excluding carboxylic acids is 1. The van der Waals surface area contributed by atoms with Gasteiger partial charge in [-0.1, -0.05) is 13.0 Å². The van der Waals surface area contributed by atoms with Crippen molar-refractivity contribution in [3.05, 3.63) is 23.8 Å². The van der Waals surface area contributed by atoms with E-state index >= 15 is 0 Å². The lowest BCUT2D eigenvalue weighted by Crippen LogP contribution is -2.30. The summed E-state index contributed by atoms with van der Waals surface area (Å²) >= 11 is 0. The zero-order valence-electron chi connectivity index (χ0n) is 13.2. The second-order valence-electron chi connectivity index (χ2n) is 6.12. The first-order valence-corrected chi connectivity index (χ1v) is 7.96. The second-order valence-corrected chi connectivity index (χ2v) is 6.12. The molecule has 1 saturated carbocycles. The van der Waals surface area contributed by atoms with Crippen molar-refractivity contribution >= 4 is 17.3 Å². The Bertz CT molecular complexity index is 483. The van der Waals surface area contributed by atoms with E-state index in [1.807, 2.05) is 25.1 Å². The van der Waals surface area contributed by atoms with Gasteiger partial charge in [-0.2, -0.15) is 0 Å². The van der Waals surface area contributed by atoms with Crippen molar-refractivity contribution in [1.29, 1.82) is 0 Å². The number of carbonyl (C=O) groups is 1. The summed E-state index contributed by atoms with van der Waals surface area (Å²) < 4.78 is 0. The first-order chi connectivity index (χ1) is 10.1. The van der Waals surface area contributed by atoms with Gasteiger partial charge in [-0.15, -0.1) is 0 Å². The number of nitrogen functional groups attached to an aromatic ring is 1. The highest BCUT2D eigenvalue weighted by Crippen LogP contribution is 2.29. The normalized spacial score (nSPS) is 14.4. The van der Waals surface area contributed by atoms with Crippen molar-refractivity contribution in [3.8, 4) is 0 Å². The maximum Gasteiger partial charge on any atom is 0.225 e. The zero-order valence-corrected chi connectivity index (χ0v) is 13.2. The Morgan fingerprint density at radius 2 is 2.14 bits per heavy atom. The van der Waals surface area contributed by atoms with Crippen molar-refractivity contribution in [1.82, 2.24) is 4.90 Å². The van der Waals surface area contributed by atoms with Gasteiger partial charge < -0.3 is 16.0 Å². The predicted molar refractivity (Wildman–Crippen MR) is 88.3 cm³/mol. The Morgan fingerprint density at radius 1 is 1.38 bits per heavy atom. The molecule has 2 rings (SSSR count). The van der Waals surface area contributed by atoms with Crippen LogP contribution < -0.4 is 11.1 Å². The summed E-state index contributed by atoms with van der Waals surface area (Å²) in [7, 11) is 0. The minimum absolute atomic E-state index is 0.0700. The summed E-state index contributed by atoms with van der Waals surface area (Å²) in [6, 6.07) is 5.60. The van der Waals surface area contributed by atoms with Crippen LogP contribution in [0, 0.1) is 12.8 Å². The molecule has 1 aliphatic rings. The van der Waals surface area contributed by atoms with Crippen molar-refractivity contribution in [2.75, 3.05) is 30.7 Å². The fourth-order valence-corrected chi connectivity index (χ4v) is 2.52. The summed E-state index contributed by atoms with van der Waals surface area (Å²) in [6.07, 6.45) is 4.40. The van der Waals surface area contributed by atoms with E-state index in [4.69, 9.17) is 5.73 Å². The van der Waals surface area contributed by atoms with Crippen LogP contribution in [0.5, 0.6) is 0 Å². The van der Waals surface area contributed by atoms with Gasteiger partial charge in [0.15, 0.2) is 0 Å². The smallest absolute Gasteiger partial charge is 0.225 e. The monoisotopic (exact) mass is 289 g/mol. The number of hydrogen-bond acceptors (Lipinski definition) is 3. The quantitative estimate of drug-likeness (QED) is 0.723. The highest BCUT2D eigenvalue weighted by atomic mass is 16.1. The lowest BCUT2D eigenvalue weighted by Gasteiger charge is -2.21. The second kappa shape index (κ2) is 7.46. The van der Waals surface area contributed by atoms with Gasteiger partial charge in [0.25, 0.3) is 0 Å². The van der Waals surface area contributed by atoms with Crippen molar-refractivity contribution in [3.63, 3.8) is 0 Å². The third-order valence-electron chi connectivity index (χ3n) is 3.94. The molecule has 1 fully saturated rings. The number of amides is 1. The molecule has 1 aliphatic carbocycles. The van der Waals surface area contributed by atoms with Crippen LogP contribution in [-0.2, 0) is 4.79 Å². The number of hydrogen-bond donors (Lipinski definition) is 2. The topological polar surface area (TPSA) is 58.4 Å². The van der Waals surface area contributed by atoms with E-state index in [-0.39, 0.29) is 5.91 Å². The van der Waals surface area contributed by atoms with E-state index in [0.29, 0.717) is 12.1 Å². The van der Waals surface area contributed by atoms with Crippen molar-refractivity contribution in [2.24, 2.45) is 5.92 Å². The largest absolute Gasteiger partial charge is 0.399 e. The Morgan fingerprint density at radius 3 is 2.81 bits per heavy atom. The van der Waals surface area contributed by atoms with Gasteiger partial charge in [-0.25, -0.2) is 0 Å². The average molecular weight is 289 g/mol. The lowest BCUT2D eigenvalue weighted by molar-refractivity contribution is -0.116. The van der Waals surface area contributed by atoms with Gasteiger partial charge in [0.2, 0.25) is 5.91 Å². The molecule has 21 heavy (non-hydrogen) atoms. The van der Waals surface area contributed by atoms with Crippen LogP contribution in [0.25, 0.3) is 0 Å². The minimum Gasteiger partial charge on any atom is -0.399 e. The number of nitrogens with one attached hydrogen (secondary N) is 1. The number of nitrogens with zero attached hydrogens (tertiary/aromatic N) is 1. The van der Waals surface area contributed by atoms with Gasteiger partial charge in [-0.05, 0) is 56.3 Å². The van der Waals surface area contributed by atoms with E-state index < -0.39 is 0 Å². The van der Waals surface area contributed by atoms with Gasteiger partial charge in [0.05, 0.1) is 0 Å². The first-order valence-electron chi connectivity index (χ1n) is 7.96. The Labute approximate surface area is 127 Å².